The summed E-state index contributed by atoms with van der Waals surface area (Å²) in [6.07, 6.45) is 0. The molecular weight excluding hydrogens is 275 g/mol. The first kappa shape index (κ1) is 11.2. The van der Waals surface area contributed by atoms with Gasteiger partial charge in [0, 0.05) is 15.8 Å². The molecule has 0 saturated carbocycles. The summed E-state index contributed by atoms with van der Waals surface area (Å²) in [5.74, 6) is 0. The molecule has 0 aliphatic heterocycles. The van der Waals surface area contributed by atoms with E-state index in [4.69, 9.17) is 34.8 Å². The topological polar surface area (TPSA) is 0 Å². The Morgan fingerprint density at radius 3 is 2.00 bits per heavy atom. The number of benzene rings is 3. The lowest BCUT2D eigenvalue weighted by atomic mass is 10.0. The van der Waals surface area contributed by atoms with Crippen LogP contribution in [0.1, 0.15) is 0 Å². The number of rotatable bonds is 0. The summed E-state index contributed by atoms with van der Waals surface area (Å²) in [4.78, 5) is 0. The smallest absolute Gasteiger partial charge is 0.0670 e. The fourth-order valence-electron chi connectivity index (χ4n) is 2.07. The van der Waals surface area contributed by atoms with Crippen molar-refractivity contribution < 1.29 is 0 Å². The van der Waals surface area contributed by atoms with Crippen LogP contribution in [-0.4, -0.2) is 0 Å². The van der Waals surface area contributed by atoms with E-state index in [2.05, 4.69) is 0 Å². The standard InChI is InChI=1S/C14H7Cl3/c15-12-3-1-2-8-9-6-7-13(16)14(17)11(9)5-4-10(8)12/h1-7H. The molecule has 0 radical (unpaired) electrons. The van der Waals surface area contributed by atoms with Gasteiger partial charge in [0.25, 0.3) is 0 Å². The monoisotopic (exact) mass is 280 g/mol. The van der Waals surface area contributed by atoms with Crippen LogP contribution in [0.3, 0.4) is 0 Å². The lowest BCUT2D eigenvalue weighted by Gasteiger charge is -2.07. The molecule has 0 nitrogen and oxygen atoms in total. The first-order valence-corrected chi connectivity index (χ1v) is 6.27. The van der Waals surface area contributed by atoms with Gasteiger partial charge in [-0.1, -0.05) is 65.1 Å². The molecule has 0 heterocycles. The van der Waals surface area contributed by atoms with Crippen LogP contribution in [0.15, 0.2) is 42.5 Å². The van der Waals surface area contributed by atoms with Crippen LogP contribution < -0.4 is 0 Å². The predicted octanol–water partition coefficient (Wildman–Crippen LogP) is 5.95. The Morgan fingerprint density at radius 2 is 1.18 bits per heavy atom. The molecule has 0 saturated heterocycles. The van der Waals surface area contributed by atoms with Crippen molar-refractivity contribution in [1.29, 1.82) is 0 Å². The molecule has 0 amide bonds. The second-order valence-electron chi connectivity index (χ2n) is 3.86. The third kappa shape index (κ3) is 1.68. The summed E-state index contributed by atoms with van der Waals surface area (Å²) in [6.45, 7) is 0. The normalized spacial score (nSPS) is 11.2. The van der Waals surface area contributed by atoms with Crippen molar-refractivity contribution in [2.75, 3.05) is 0 Å². The second kappa shape index (κ2) is 4.06. The van der Waals surface area contributed by atoms with Gasteiger partial charge in [-0.05, 0) is 22.9 Å². The number of fused-ring (bicyclic) bond motifs is 3. The van der Waals surface area contributed by atoms with Crippen LogP contribution >= 0.6 is 34.8 Å². The van der Waals surface area contributed by atoms with E-state index in [1.807, 2.05) is 42.5 Å². The molecule has 0 unspecified atom stereocenters. The Balaban J connectivity index is 2.58. The lowest BCUT2D eigenvalue weighted by molar-refractivity contribution is 1.76. The highest BCUT2D eigenvalue weighted by molar-refractivity contribution is 6.46. The molecule has 0 bridgehead atoms. The third-order valence-electron chi connectivity index (χ3n) is 2.89. The highest BCUT2D eigenvalue weighted by Gasteiger charge is 2.07. The average Bonchev–Trinajstić information content (AvgIpc) is 2.34. The van der Waals surface area contributed by atoms with E-state index in [1.54, 1.807) is 0 Å². The zero-order chi connectivity index (χ0) is 12.0. The molecule has 17 heavy (non-hydrogen) atoms. The van der Waals surface area contributed by atoms with Crippen molar-refractivity contribution >= 4 is 56.3 Å². The maximum atomic E-state index is 6.20. The summed E-state index contributed by atoms with van der Waals surface area (Å²) >= 11 is 18.4. The van der Waals surface area contributed by atoms with Crippen molar-refractivity contribution in [1.82, 2.24) is 0 Å². The van der Waals surface area contributed by atoms with Gasteiger partial charge in [-0.25, -0.2) is 0 Å². The predicted molar refractivity (Wildman–Crippen MR) is 76.5 cm³/mol. The molecule has 84 valence electrons. The van der Waals surface area contributed by atoms with E-state index in [1.165, 1.54) is 0 Å². The Hall–Kier alpha value is -0.950. The average molecular weight is 282 g/mol. The van der Waals surface area contributed by atoms with Gasteiger partial charge in [-0.3, -0.25) is 0 Å². The maximum Gasteiger partial charge on any atom is 0.0670 e. The maximum absolute atomic E-state index is 6.20. The molecule has 0 atom stereocenters. The molecule has 0 aliphatic carbocycles. The molecule has 0 N–H and O–H groups in total. The van der Waals surface area contributed by atoms with Crippen molar-refractivity contribution in [3.63, 3.8) is 0 Å². The minimum atomic E-state index is 0.570. The molecule has 3 rings (SSSR count). The first-order valence-electron chi connectivity index (χ1n) is 5.13. The summed E-state index contributed by atoms with van der Waals surface area (Å²) < 4.78 is 0. The summed E-state index contributed by atoms with van der Waals surface area (Å²) in [7, 11) is 0. The van der Waals surface area contributed by atoms with Crippen LogP contribution in [0.4, 0.5) is 0 Å². The van der Waals surface area contributed by atoms with Crippen LogP contribution in [0.25, 0.3) is 21.5 Å². The van der Waals surface area contributed by atoms with E-state index < -0.39 is 0 Å². The van der Waals surface area contributed by atoms with E-state index in [0.29, 0.717) is 10.0 Å². The van der Waals surface area contributed by atoms with Gasteiger partial charge in [0.1, 0.15) is 0 Å². The Kier molecular flexibility index (Phi) is 2.67. The van der Waals surface area contributed by atoms with E-state index in [9.17, 15) is 0 Å². The van der Waals surface area contributed by atoms with Crippen molar-refractivity contribution in [2.45, 2.75) is 0 Å². The number of hydrogen-bond acceptors (Lipinski definition) is 0. The highest BCUT2D eigenvalue weighted by atomic mass is 35.5. The Labute approximate surface area is 114 Å². The minimum Gasteiger partial charge on any atom is -0.0837 e. The van der Waals surface area contributed by atoms with Gasteiger partial charge in [0.05, 0.1) is 10.0 Å². The molecule has 3 aromatic carbocycles. The van der Waals surface area contributed by atoms with Crippen molar-refractivity contribution in [2.24, 2.45) is 0 Å². The first-order chi connectivity index (χ1) is 8.18. The number of hydrogen-bond donors (Lipinski definition) is 0. The molecular formula is C14H7Cl3. The van der Waals surface area contributed by atoms with E-state index in [0.717, 1.165) is 26.6 Å². The van der Waals surface area contributed by atoms with Crippen LogP contribution in [0, 0.1) is 0 Å². The van der Waals surface area contributed by atoms with E-state index in [-0.39, 0.29) is 0 Å². The van der Waals surface area contributed by atoms with Gasteiger partial charge >= 0.3 is 0 Å². The van der Waals surface area contributed by atoms with Gasteiger partial charge in [0.15, 0.2) is 0 Å². The van der Waals surface area contributed by atoms with Crippen LogP contribution in [-0.2, 0) is 0 Å². The Bertz CT molecular complexity index is 732. The van der Waals surface area contributed by atoms with Crippen LogP contribution in [0.5, 0.6) is 0 Å². The fraction of sp³-hybridized carbons (Fsp3) is 0. The second-order valence-corrected chi connectivity index (χ2v) is 5.05. The minimum absolute atomic E-state index is 0.570. The zero-order valence-corrected chi connectivity index (χ0v) is 10.9. The Morgan fingerprint density at radius 1 is 0.529 bits per heavy atom. The van der Waals surface area contributed by atoms with Crippen LogP contribution in [0.2, 0.25) is 15.1 Å². The van der Waals surface area contributed by atoms with Gasteiger partial charge < -0.3 is 0 Å². The summed E-state index contributed by atoms with van der Waals surface area (Å²) in [5.41, 5.74) is 0. The summed E-state index contributed by atoms with van der Waals surface area (Å²) in [6, 6.07) is 13.6. The lowest BCUT2D eigenvalue weighted by Crippen LogP contribution is -1.80. The third-order valence-corrected chi connectivity index (χ3v) is 4.04. The van der Waals surface area contributed by atoms with E-state index >= 15 is 0 Å². The van der Waals surface area contributed by atoms with Gasteiger partial charge in [-0.2, -0.15) is 0 Å². The SMILES string of the molecule is Clc1ccc2c(ccc3c(Cl)cccc32)c1Cl. The van der Waals surface area contributed by atoms with Crippen molar-refractivity contribution in [3.05, 3.63) is 57.5 Å². The fourth-order valence-corrected chi connectivity index (χ4v) is 2.70. The molecule has 0 fully saturated rings. The van der Waals surface area contributed by atoms with Crippen molar-refractivity contribution in [3.8, 4) is 0 Å². The molecule has 0 aromatic heterocycles. The molecule has 0 spiro atoms. The molecule has 0 aliphatic rings. The van der Waals surface area contributed by atoms with Gasteiger partial charge in [0.2, 0.25) is 0 Å². The highest BCUT2D eigenvalue weighted by Crippen LogP contribution is 2.36. The molecule has 3 aromatic rings. The van der Waals surface area contributed by atoms with Gasteiger partial charge in [-0.15, -0.1) is 0 Å². The number of halogens is 3. The largest absolute Gasteiger partial charge is 0.0837 e. The molecule has 3 heteroatoms. The zero-order valence-electron chi connectivity index (χ0n) is 8.68. The summed E-state index contributed by atoms with van der Waals surface area (Å²) in [5, 5.41) is 6.05. The quantitative estimate of drug-likeness (QED) is 0.446.